The summed E-state index contributed by atoms with van der Waals surface area (Å²) in [7, 11) is 0. The molecule has 1 unspecified atom stereocenters. The van der Waals surface area contributed by atoms with Gasteiger partial charge in [0.15, 0.2) is 0 Å². The van der Waals surface area contributed by atoms with Crippen molar-refractivity contribution in [2.24, 2.45) is 11.5 Å². The molecule has 1 saturated heterocycles. The Morgan fingerprint density at radius 1 is 1.06 bits per heavy atom. The zero-order chi connectivity index (χ0) is 24.5. The number of piperazine rings is 1. The molecule has 0 bridgehead atoms. The summed E-state index contributed by atoms with van der Waals surface area (Å²) in [6.45, 7) is 14.1. The fraction of sp³-hybridized carbons (Fsp3) is 0.407. The smallest absolute Gasteiger partial charge is 0.0839 e. The minimum atomic E-state index is 0.198. The lowest BCUT2D eigenvalue weighted by Gasteiger charge is -2.37. The minimum Gasteiger partial charge on any atom is -0.373 e. The molecule has 4 rings (SSSR count). The van der Waals surface area contributed by atoms with E-state index in [1.54, 1.807) is 6.08 Å². The van der Waals surface area contributed by atoms with Crippen molar-refractivity contribution in [1.29, 1.82) is 0 Å². The molecule has 2 aliphatic rings. The third-order valence-corrected chi connectivity index (χ3v) is 7.12. The van der Waals surface area contributed by atoms with E-state index in [1.165, 1.54) is 16.7 Å². The maximum atomic E-state index is 6.17. The fourth-order valence-corrected chi connectivity index (χ4v) is 4.54. The molecule has 4 N–H and O–H groups in total. The molecule has 0 amide bonds. The van der Waals surface area contributed by atoms with Crippen molar-refractivity contribution in [3.63, 3.8) is 0 Å². The topological polar surface area (TPSA) is 67.7 Å². The number of ether oxygens (including phenoxy) is 1. The normalized spacial score (nSPS) is 18.0. The molecule has 2 aromatic rings. The summed E-state index contributed by atoms with van der Waals surface area (Å²) in [5.74, 6) is 0. The van der Waals surface area contributed by atoms with Crippen molar-refractivity contribution in [3.05, 3.63) is 87.9 Å². The molecular formula is C27H36Cl2N4O. The highest BCUT2D eigenvalue weighted by Crippen LogP contribution is 2.31. The second-order valence-electron chi connectivity index (χ2n) is 8.63. The van der Waals surface area contributed by atoms with Gasteiger partial charge >= 0.3 is 0 Å². The van der Waals surface area contributed by atoms with Crippen molar-refractivity contribution in [2.45, 2.75) is 25.5 Å². The Morgan fingerprint density at radius 2 is 1.82 bits per heavy atom. The first-order valence-electron chi connectivity index (χ1n) is 11.8. The average Bonchev–Trinajstić information content (AvgIpc) is 2.88. The first-order chi connectivity index (χ1) is 16.4. The summed E-state index contributed by atoms with van der Waals surface area (Å²) >= 11 is 12.2. The molecule has 0 spiro atoms. The molecule has 0 radical (unpaired) electrons. The number of halogens is 2. The Bertz CT molecular complexity index is 973. The van der Waals surface area contributed by atoms with Crippen LogP contribution in [0.15, 0.2) is 61.2 Å². The van der Waals surface area contributed by atoms with Gasteiger partial charge in [0.2, 0.25) is 0 Å². The van der Waals surface area contributed by atoms with Gasteiger partial charge in [0, 0.05) is 51.5 Å². The van der Waals surface area contributed by atoms with E-state index in [2.05, 4.69) is 41.2 Å². The van der Waals surface area contributed by atoms with E-state index in [9.17, 15) is 0 Å². The Morgan fingerprint density at radius 3 is 2.44 bits per heavy atom. The van der Waals surface area contributed by atoms with Gasteiger partial charge < -0.3 is 21.1 Å². The minimum absolute atomic E-state index is 0.198. The quantitative estimate of drug-likeness (QED) is 0.523. The van der Waals surface area contributed by atoms with Gasteiger partial charge in [-0.3, -0.25) is 4.90 Å². The second-order valence-corrected chi connectivity index (χ2v) is 9.44. The van der Waals surface area contributed by atoms with E-state index in [4.69, 9.17) is 39.4 Å². The standard InChI is InChI=1S/C22H27Cl2N3O.C5H9N/c23-20-4-2-18(14-21(20)24)27-10-8-26(9-11-27)7-5-22-19-3-1-16(15-25)13-17(19)6-12-28-22;1-3-5(2)4-6/h1-4,13-14,22H,5-12,15,25H2;3H,1-2,4,6H2. The van der Waals surface area contributed by atoms with E-state index in [-0.39, 0.29) is 6.10 Å². The Hall–Kier alpha value is -1.86. The highest BCUT2D eigenvalue weighted by Gasteiger charge is 2.23. The summed E-state index contributed by atoms with van der Waals surface area (Å²) in [5.41, 5.74) is 16.9. The molecule has 1 fully saturated rings. The molecule has 184 valence electrons. The highest BCUT2D eigenvalue weighted by atomic mass is 35.5. The molecule has 1 atom stereocenters. The molecule has 2 heterocycles. The summed E-state index contributed by atoms with van der Waals surface area (Å²) in [6, 6.07) is 12.5. The van der Waals surface area contributed by atoms with Crippen LogP contribution in [0, 0.1) is 0 Å². The lowest BCUT2D eigenvalue weighted by atomic mass is 9.93. The molecule has 2 aromatic carbocycles. The van der Waals surface area contributed by atoms with Crippen molar-refractivity contribution in [1.82, 2.24) is 4.90 Å². The van der Waals surface area contributed by atoms with Crippen LogP contribution in [-0.4, -0.2) is 50.8 Å². The Kier molecular flexibility index (Phi) is 10.5. The molecule has 7 heteroatoms. The zero-order valence-corrected chi connectivity index (χ0v) is 21.3. The van der Waals surface area contributed by atoms with Crippen LogP contribution < -0.4 is 16.4 Å². The summed E-state index contributed by atoms with van der Waals surface area (Å²) in [4.78, 5) is 4.90. The van der Waals surface area contributed by atoms with Crippen LogP contribution in [-0.2, 0) is 17.7 Å². The molecule has 5 nitrogen and oxygen atoms in total. The SMILES string of the molecule is C=CC(=C)CN.NCc1ccc2c(c1)CCOC2CCN1CCN(c2ccc(Cl)c(Cl)c2)CC1. The van der Waals surface area contributed by atoms with Crippen LogP contribution in [0.5, 0.6) is 0 Å². The molecular weight excluding hydrogens is 467 g/mol. The fourth-order valence-electron chi connectivity index (χ4n) is 4.25. The first kappa shape index (κ1) is 26.7. The maximum absolute atomic E-state index is 6.17. The van der Waals surface area contributed by atoms with E-state index >= 15 is 0 Å². The first-order valence-corrected chi connectivity index (χ1v) is 12.6. The number of hydrogen-bond donors (Lipinski definition) is 2. The van der Waals surface area contributed by atoms with Gasteiger partial charge in [-0.15, -0.1) is 0 Å². The van der Waals surface area contributed by atoms with Crippen molar-refractivity contribution >= 4 is 28.9 Å². The molecule has 34 heavy (non-hydrogen) atoms. The predicted octanol–water partition coefficient (Wildman–Crippen LogP) is 4.97. The van der Waals surface area contributed by atoms with Crippen molar-refractivity contribution < 1.29 is 4.74 Å². The maximum Gasteiger partial charge on any atom is 0.0839 e. The van der Waals surface area contributed by atoms with E-state index in [1.807, 2.05) is 18.2 Å². The number of rotatable bonds is 7. The second kappa shape index (κ2) is 13.3. The zero-order valence-electron chi connectivity index (χ0n) is 19.8. The lowest BCUT2D eigenvalue weighted by molar-refractivity contribution is 0.0289. The van der Waals surface area contributed by atoms with Crippen LogP contribution in [0.4, 0.5) is 5.69 Å². The number of nitrogens with two attached hydrogens (primary N) is 2. The van der Waals surface area contributed by atoms with Crippen LogP contribution in [0.2, 0.25) is 10.0 Å². The van der Waals surface area contributed by atoms with E-state index in [0.717, 1.165) is 63.4 Å². The van der Waals surface area contributed by atoms with Crippen LogP contribution in [0.3, 0.4) is 0 Å². The number of anilines is 1. The number of nitrogens with zero attached hydrogens (tertiary/aromatic N) is 2. The highest BCUT2D eigenvalue weighted by molar-refractivity contribution is 6.42. The van der Waals surface area contributed by atoms with Gasteiger partial charge in [0.05, 0.1) is 22.8 Å². The summed E-state index contributed by atoms with van der Waals surface area (Å²) < 4.78 is 6.09. The summed E-state index contributed by atoms with van der Waals surface area (Å²) in [6.07, 6.45) is 3.87. The van der Waals surface area contributed by atoms with Gasteiger partial charge in [-0.2, -0.15) is 0 Å². The van der Waals surface area contributed by atoms with Crippen LogP contribution in [0.25, 0.3) is 0 Å². The molecule has 0 aliphatic carbocycles. The Labute approximate surface area is 213 Å². The average molecular weight is 504 g/mol. The predicted molar refractivity (Wildman–Crippen MR) is 145 cm³/mol. The lowest BCUT2D eigenvalue weighted by Crippen LogP contribution is -2.47. The van der Waals surface area contributed by atoms with Crippen molar-refractivity contribution in [2.75, 3.05) is 50.8 Å². The van der Waals surface area contributed by atoms with Gasteiger partial charge in [-0.1, -0.05) is 60.6 Å². The van der Waals surface area contributed by atoms with Gasteiger partial charge in [0.25, 0.3) is 0 Å². The molecule has 0 aromatic heterocycles. The third-order valence-electron chi connectivity index (χ3n) is 6.38. The number of fused-ring (bicyclic) bond motifs is 1. The summed E-state index contributed by atoms with van der Waals surface area (Å²) in [5, 5.41) is 1.22. The number of benzene rings is 2. The largest absolute Gasteiger partial charge is 0.373 e. The Balaban J connectivity index is 0.000000481. The van der Waals surface area contributed by atoms with E-state index in [0.29, 0.717) is 23.1 Å². The third kappa shape index (κ3) is 7.32. The van der Waals surface area contributed by atoms with Gasteiger partial charge in [-0.25, -0.2) is 0 Å². The monoisotopic (exact) mass is 502 g/mol. The van der Waals surface area contributed by atoms with Gasteiger partial charge in [0.1, 0.15) is 0 Å². The van der Waals surface area contributed by atoms with Crippen LogP contribution in [0.1, 0.15) is 29.2 Å². The molecule has 0 saturated carbocycles. The molecule has 2 aliphatic heterocycles. The van der Waals surface area contributed by atoms with Gasteiger partial charge in [-0.05, 0) is 53.3 Å². The van der Waals surface area contributed by atoms with Crippen molar-refractivity contribution in [3.8, 4) is 0 Å². The van der Waals surface area contributed by atoms with E-state index < -0.39 is 0 Å². The number of hydrogen-bond acceptors (Lipinski definition) is 5. The van der Waals surface area contributed by atoms with Crippen LogP contribution >= 0.6 is 23.2 Å².